The molecule has 7 heteroatoms. The fraction of sp³-hybridized carbons (Fsp3) is 0.300. The van der Waals surface area contributed by atoms with Gasteiger partial charge in [-0.1, -0.05) is 30.3 Å². The van der Waals surface area contributed by atoms with Crippen LogP contribution in [0.3, 0.4) is 0 Å². The maximum absolute atomic E-state index is 12.5. The molecule has 0 bridgehead atoms. The Bertz CT molecular complexity index is 880. The molecule has 0 saturated heterocycles. The predicted molar refractivity (Wildman–Crippen MR) is 98.2 cm³/mol. The Hall–Kier alpha value is -3.22. The van der Waals surface area contributed by atoms with E-state index in [9.17, 15) is 19.7 Å². The molecule has 0 heterocycles. The first-order valence-electron chi connectivity index (χ1n) is 8.79. The van der Waals surface area contributed by atoms with Crippen molar-refractivity contribution in [2.75, 3.05) is 0 Å². The number of hydrogen-bond acceptors (Lipinski definition) is 5. The number of non-ortho nitro benzene ring substituents is 1. The second kappa shape index (κ2) is 7.99. The number of ether oxygens (including phenoxy) is 1. The Morgan fingerprint density at radius 3 is 2.78 bits per heavy atom. The molecule has 1 aliphatic carbocycles. The van der Waals surface area contributed by atoms with Crippen molar-refractivity contribution in [1.82, 2.24) is 5.32 Å². The van der Waals surface area contributed by atoms with E-state index in [2.05, 4.69) is 11.4 Å². The van der Waals surface area contributed by atoms with E-state index in [0.717, 1.165) is 30.9 Å². The molecule has 0 radical (unpaired) electrons. The van der Waals surface area contributed by atoms with Gasteiger partial charge in [-0.2, -0.15) is 0 Å². The van der Waals surface area contributed by atoms with Gasteiger partial charge in [-0.05, 0) is 43.4 Å². The Morgan fingerprint density at radius 1 is 1.22 bits per heavy atom. The second-order valence-electron chi connectivity index (χ2n) is 6.51. The molecular weight excluding hydrogens is 348 g/mol. The lowest BCUT2D eigenvalue weighted by molar-refractivity contribution is -0.384. The molecule has 0 fully saturated rings. The van der Waals surface area contributed by atoms with E-state index in [1.54, 1.807) is 0 Å². The summed E-state index contributed by atoms with van der Waals surface area (Å²) < 4.78 is 5.19. The van der Waals surface area contributed by atoms with Crippen LogP contribution in [0.2, 0.25) is 0 Å². The van der Waals surface area contributed by atoms with E-state index in [-0.39, 0.29) is 17.3 Å². The molecule has 1 N–H and O–H groups in total. The summed E-state index contributed by atoms with van der Waals surface area (Å²) in [7, 11) is 0. The largest absolute Gasteiger partial charge is 0.449 e. The zero-order valence-electron chi connectivity index (χ0n) is 14.9. The van der Waals surface area contributed by atoms with Gasteiger partial charge < -0.3 is 10.1 Å². The average molecular weight is 368 g/mol. The van der Waals surface area contributed by atoms with Gasteiger partial charge in [0.25, 0.3) is 11.6 Å². The molecule has 0 aromatic heterocycles. The summed E-state index contributed by atoms with van der Waals surface area (Å²) in [5.74, 6) is -1.17. The number of rotatable bonds is 5. The molecule has 1 aliphatic rings. The number of nitro groups is 1. The summed E-state index contributed by atoms with van der Waals surface area (Å²) in [4.78, 5) is 34.9. The van der Waals surface area contributed by atoms with Crippen LogP contribution in [0, 0.1) is 10.1 Å². The van der Waals surface area contributed by atoms with E-state index < -0.39 is 22.9 Å². The van der Waals surface area contributed by atoms with Gasteiger partial charge in [-0.3, -0.25) is 14.9 Å². The molecule has 2 aromatic rings. The first-order chi connectivity index (χ1) is 13.0. The smallest absolute Gasteiger partial charge is 0.339 e. The summed E-state index contributed by atoms with van der Waals surface area (Å²) >= 11 is 0. The fourth-order valence-corrected chi connectivity index (χ4v) is 3.22. The van der Waals surface area contributed by atoms with Gasteiger partial charge in [0.15, 0.2) is 6.10 Å². The molecule has 0 unspecified atom stereocenters. The normalized spacial score (nSPS) is 16.7. The van der Waals surface area contributed by atoms with Gasteiger partial charge in [-0.25, -0.2) is 4.79 Å². The monoisotopic (exact) mass is 368 g/mol. The van der Waals surface area contributed by atoms with Crippen LogP contribution in [0.1, 0.15) is 47.3 Å². The summed E-state index contributed by atoms with van der Waals surface area (Å²) in [5.41, 5.74) is 2.14. The molecule has 2 atom stereocenters. The number of esters is 1. The van der Waals surface area contributed by atoms with E-state index in [1.165, 1.54) is 30.7 Å². The standard InChI is InChI=1S/C20H20N2O5/c1-13(27-20(24)15-8-4-9-16(12-15)22(25)26)19(23)21-18-11-5-7-14-6-2-3-10-17(14)18/h2-4,6,8-10,12-13,18H,5,7,11H2,1H3,(H,21,23)/t13-,18+/m1/s1. The molecular formula is C20H20N2O5. The number of aryl methyl sites for hydroxylation is 1. The van der Waals surface area contributed by atoms with E-state index in [0.29, 0.717) is 0 Å². The SMILES string of the molecule is C[C@@H](OC(=O)c1cccc([N+](=O)[O-])c1)C(=O)N[C@H]1CCCc2ccccc21. The summed E-state index contributed by atoms with van der Waals surface area (Å²) in [6.07, 6.45) is 1.78. The van der Waals surface area contributed by atoms with Crippen molar-refractivity contribution in [3.8, 4) is 0 Å². The molecule has 2 aromatic carbocycles. The Kier molecular flexibility index (Phi) is 5.49. The zero-order valence-corrected chi connectivity index (χ0v) is 14.9. The Morgan fingerprint density at radius 2 is 2.00 bits per heavy atom. The number of hydrogen-bond donors (Lipinski definition) is 1. The third kappa shape index (κ3) is 4.31. The molecule has 0 aliphatic heterocycles. The van der Waals surface area contributed by atoms with Crippen LogP contribution < -0.4 is 5.32 Å². The minimum Gasteiger partial charge on any atom is -0.449 e. The van der Waals surface area contributed by atoms with Gasteiger partial charge >= 0.3 is 5.97 Å². The molecule has 27 heavy (non-hydrogen) atoms. The lowest BCUT2D eigenvalue weighted by Gasteiger charge is -2.27. The number of fused-ring (bicyclic) bond motifs is 1. The molecule has 140 valence electrons. The number of carbonyl (C=O) groups excluding carboxylic acids is 2. The van der Waals surface area contributed by atoms with E-state index in [4.69, 9.17) is 4.74 Å². The topological polar surface area (TPSA) is 98.5 Å². The van der Waals surface area contributed by atoms with Gasteiger partial charge in [0.05, 0.1) is 16.5 Å². The molecule has 1 amide bonds. The highest BCUT2D eigenvalue weighted by Crippen LogP contribution is 2.29. The fourth-order valence-electron chi connectivity index (χ4n) is 3.22. The van der Waals surface area contributed by atoms with Crippen LogP contribution in [-0.4, -0.2) is 22.9 Å². The summed E-state index contributed by atoms with van der Waals surface area (Å²) in [6, 6.07) is 13.1. The van der Waals surface area contributed by atoms with Crippen LogP contribution in [0.4, 0.5) is 5.69 Å². The highest BCUT2D eigenvalue weighted by atomic mass is 16.6. The summed E-state index contributed by atoms with van der Waals surface area (Å²) in [5, 5.41) is 13.8. The Labute approximate surface area is 156 Å². The van der Waals surface area contributed by atoms with Crippen LogP contribution >= 0.6 is 0 Å². The average Bonchev–Trinajstić information content (AvgIpc) is 2.68. The van der Waals surface area contributed by atoms with E-state index >= 15 is 0 Å². The first-order valence-corrected chi connectivity index (χ1v) is 8.79. The van der Waals surface area contributed by atoms with Crippen molar-refractivity contribution in [3.05, 3.63) is 75.3 Å². The number of nitrogens with one attached hydrogen (secondary N) is 1. The third-order valence-corrected chi connectivity index (χ3v) is 4.63. The van der Waals surface area contributed by atoms with Gasteiger partial charge in [0.1, 0.15) is 0 Å². The van der Waals surface area contributed by atoms with Crippen molar-refractivity contribution >= 4 is 17.6 Å². The maximum Gasteiger partial charge on any atom is 0.339 e. The minimum atomic E-state index is -1.01. The third-order valence-electron chi connectivity index (χ3n) is 4.63. The quantitative estimate of drug-likeness (QED) is 0.496. The number of carbonyl (C=O) groups is 2. The Balaban J connectivity index is 1.64. The number of benzene rings is 2. The highest BCUT2D eigenvalue weighted by molar-refractivity contribution is 5.92. The molecule has 0 spiro atoms. The van der Waals surface area contributed by atoms with Crippen molar-refractivity contribution < 1.29 is 19.2 Å². The van der Waals surface area contributed by atoms with Gasteiger partial charge in [-0.15, -0.1) is 0 Å². The maximum atomic E-state index is 12.5. The second-order valence-corrected chi connectivity index (χ2v) is 6.51. The number of nitro benzene ring substituents is 1. The van der Waals surface area contributed by atoms with Crippen molar-refractivity contribution in [2.45, 2.75) is 38.3 Å². The molecule has 7 nitrogen and oxygen atoms in total. The molecule has 3 rings (SSSR count). The number of nitrogens with zero attached hydrogens (tertiary/aromatic N) is 1. The van der Waals surface area contributed by atoms with Crippen LogP contribution in [-0.2, 0) is 16.0 Å². The highest BCUT2D eigenvalue weighted by Gasteiger charge is 2.26. The van der Waals surface area contributed by atoms with Crippen LogP contribution in [0.15, 0.2) is 48.5 Å². The number of amides is 1. The zero-order chi connectivity index (χ0) is 19.4. The van der Waals surface area contributed by atoms with Crippen molar-refractivity contribution in [2.24, 2.45) is 0 Å². The van der Waals surface area contributed by atoms with Crippen molar-refractivity contribution in [1.29, 1.82) is 0 Å². The van der Waals surface area contributed by atoms with Crippen molar-refractivity contribution in [3.63, 3.8) is 0 Å². The molecule has 0 saturated carbocycles. The first kappa shape index (κ1) is 18.6. The summed E-state index contributed by atoms with van der Waals surface area (Å²) in [6.45, 7) is 1.49. The van der Waals surface area contributed by atoms with Crippen LogP contribution in [0.5, 0.6) is 0 Å². The van der Waals surface area contributed by atoms with Gasteiger partial charge in [0, 0.05) is 12.1 Å². The van der Waals surface area contributed by atoms with Crippen LogP contribution in [0.25, 0.3) is 0 Å². The predicted octanol–water partition coefficient (Wildman–Crippen LogP) is 3.33. The lowest BCUT2D eigenvalue weighted by atomic mass is 9.87. The minimum absolute atomic E-state index is 0.0341. The van der Waals surface area contributed by atoms with Gasteiger partial charge in [0.2, 0.25) is 0 Å². The lowest BCUT2D eigenvalue weighted by Crippen LogP contribution is -2.39. The van der Waals surface area contributed by atoms with E-state index in [1.807, 2.05) is 18.2 Å².